The maximum absolute atomic E-state index is 3.81. The zero-order valence-corrected chi connectivity index (χ0v) is 12.7. The Morgan fingerprint density at radius 3 is 2.44 bits per heavy atom. The molecule has 1 N–H and O–H groups in total. The molecule has 0 aromatic rings. The highest BCUT2D eigenvalue weighted by Gasteiger charge is 2.37. The molecule has 2 heteroatoms. The summed E-state index contributed by atoms with van der Waals surface area (Å²) in [5.74, 6) is 0.926. The molecule has 0 radical (unpaired) electrons. The van der Waals surface area contributed by atoms with Crippen molar-refractivity contribution in [3.05, 3.63) is 0 Å². The van der Waals surface area contributed by atoms with E-state index in [2.05, 4.69) is 31.0 Å². The summed E-state index contributed by atoms with van der Waals surface area (Å²) in [5, 5.41) is 3.81. The average molecular weight is 252 g/mol. The van der Waals surface area contributed by atoms with Crippen molar-refractivity contribution < 1.29 is 0 Å². The third-order valence-electron chi connectivity index (χ3n) is 4.98. The molecule has 2 aliphatic rings. The second-order valence-electron chi connectivity index (χ2n) is 6.82. The van der Waals surface area contributed by atoms with Gasteiger partial charge in [-0.15, -0.1) is 0 Å². The summed E-state index contributed by atoms with van der Waals surface area (Å²) in [4.78, 5) is 2.63. The summed E-state index contributed by atoms with van der Waals surface area (Å²) in [7, 11) is 0. The van der Waals surface area contributed by atoms with Crippen LogP contribution in [0.2, 0.25) is 0 Å². The molecule has 2 saturated carbocycles. The second kappa shape index (κ2) is 6.38. The van der Waals surface area contributed by atoms with Crippen LogP contribution in [-0.2, 0) is 0 Å². The van der Waals surface area contributed by atoms with Gasteiger partial charge in [-0.1, -0.05) is 33.6 Å². The van der Waals surface area contributed by atoms with Crippen LogP contribution in [-0.4, -0.2) is 37.1 Å². The molecule has 0 saturated heterocycles. The Bertz CT molecular complexity index is 245. The zero-order valence-electron chi connectivity index (χ0n) is 12.7. The number of nitrogens with one attached hydrogen (secondary N) is 1. The Morgan fingerprint density at radius 2 is 1.89 bits per heavy atom. The van der Waals surface area contributed by atoms with Gasteiger partial charge in [-0.3, -0.25) is 0 Å². The van der Waals surface area contributed by atoms with Crippen LogP contribution in [0.25, 0.3) is 0 Å². The molecule has 2 unspecified atom stereocenters. The first kappa shape index (κ1) is 14.3. The van der Waals surface area contributed by atoms with Crippen molar-refractivity contribution in [3.63, 3.8) is 0 Å². The normalized spacial score (nSPS) is 33.0. The van der Waals surface area contributed by atoms with E-state index in [1.165, 1.54) is 64.7 Å². The zero-order chi connectivity index (χ0) is 13.0. The standard InChI is InChI=1S/C16H32N2/c1-4-18(5-2)13-16(12-17-15-8-9-15)10-6-7-14(3)11-16/h14-15,17H,4-13H2,1-3H3. The van der Waals surface area contributed by atoms with Crippen LogP contribution in [0.4, 0.5) is 0 Å². The lowest BCUT2D eigenvalue weighted by Crippen LogP contribution is -2.47. The van der Waals surface area contributed by atoms with Gasteiger partial charge in [0.1, 0.15) is 0 Å². The summed E-state index contributed by atoms with van der Waals surface area (Å²) in [6.07, 6.45) is 8.59. The molecule has 0 aromatic carbocycles. The minimum absolute atomic E-state index is 0.562. The molecule has 2 fully saturated rings. The fourth-order valence-electron chi connectivity index (χ4n) is 3.70. The Morgan fingerprint density at radius 1 is 1.17 bits per heavy atom. The van der Waals surface area contributed by atoms with E-state index >= 15 is 0 Å². The van der Waals surface area contributed by atoms with Crippen molar-refractivity contribution in [2.45, 2.75) is 65.3 Å². The molecule has 0 spiro atoms. The van der Waals surface area contributed by atoms with E-state index in [1.807, 2.05) is 0 Å². The van der Waals surface area contributed by atoms with Crippen molar-refractivity contribution in [1.82, 2.24) is 10.2 Å². The van der Waals surface area contributed by atoms with Gasteiger partial charge >= 0.3 is 0 Å². The highest BCUT2D eigenvalue weighted by atomic mass is 15.1. The molecule has 2 atom stereocenters. The van der Waals surface area contributed by atoms with E-state index < -0.39 is 0 Å². The molecular formula is C16H32N2. The lowest BCUT2D eigenvalue weighted by Gasteiger charge is -2.43. The van der Waals surface area contributed by atoms with Crippen LogP contribution < -0.4 is 5.32 Å². The largest absolute Gasteiger partial charge is 0.313 e. The minimum atomic E-state index is 0.562. The minimum Gasteiger partial charge on any atom is -0.313 e. The van der Waals surface area contributed by atoms with Crippen LogP contribution in [0.1, 0.15) is 59.3 Å². The van der Waals surface area contributed by atoms with Crippen molar-refractivity contribution >= 4 is 0 Å². The van der Waals surface area contributed by atoms with E-state index in [4.69, 9.17) is 0 Å². The van der Waals surface area contributed by atoms with Crippen molar-refractivity contribution in [3.8, 4) is 0 Å². The SMILES string of the molecule is CCN(CC)CC1(CNC2CC2)CCCC(C)C1. The number of rotatable bonds is 7. The molecule has 0 aromatic heterocycles. The molecule has 18 heavy (non-hydrogen) atoms. The number of hydrogen-bond donors (Lipinski definition) is 1. The van der Waals surface area contributed by atoms with Crippen LogP contribution in [0.15, 0.2) is 0 Å². The lowest BCUT2D eigenvalue weighted by atomic mass is 9.69. The highest BCUT2D eigenvalue weighted by Crippen LogP contribution is 2.40. The third kappa shape index (κ3) is 3.96. The molecule has 0 aliphatic heterocycles. The summed E-state index contributed by atoms with van der Waals surface area (Å²) in [6.45, 7) is 12.0. The maximum atomic E-state index is 3.81. The van der Waals surface area contributed by atoms with Crippen molar-refractivity contribution in [1.29, 1.82) is 0 Å². The van der Waals surface area contributed by atoms with Gasteiger partial charge in [-0.05, 0) is 50.1 Å². The van der Waals surface area contributed by atoms with E-state index in [-0.39, 0.29) is 0 Å². The quantitative estimate of drug-likeness (QED) is 0.748. The topological polar surface area (TPSA) is 15.3 Å². The predicted molar refractivity (Wildman–Crippen MR) is 78.9 cm³/mol. The fraction of sp³-hybridized carbons (Fsp3) is 1.00. The molecule has 2 nitrogen and oxygen atoms in total. The lowest BCUT2D eigenvalue weighted by molar-refractivity contribution is 0.0844. The van der Waals surface area contributed by atoms with Crippen molar-refractivity contribution in [2.24, 2.45) is 11.3 Å². The van der Waals surface area contributed by atoms with Gasteiger partial charge in [0.05, 0.1) is 0 Å². The van der Waals surface area contributed by atoms with Gasteiger partial charge in [0, 0.05) is 19.1 Å². The van der Waals surface area contributed by atoms with Gasteiger partial charge in [0.15, 0.2) is 0 Å². The Kier molecular flexibility index (Phi) is 5.08. The molecule has 106 valence electrons. The average Bonchev–Trinajstić information content (AvgIpc) is 3.18. The van der Waals surface area contributed by atoms with Crippen molar-refractivity contribution in [2.75, 3.05) is 26.2 Å². The van der Waals surface area contributed by atoms with Crippen LogP contribution in [0.3, 0.4) is 0 Å². The van der Waals surface area contributed by atoms with Gasteiger partial charge in [0.2, 0.25) is 0 Å². The summed E-state index contributed by atoms with van der Waals surface area (Å²) < 4.78 is 0. The fourth-order valence-corrected chi connectivity index (χ4v) is 3.70. The Labute approximate surface area is 114 Å². The van der Waals surface area contributed by atoms with E-state index in [1.54, 1.807) is 0 Å². The molecule has 2 aliphatic carbocycles. The Balaban J connectivity index is 1.94. The Hall–Kier alpha value is -0.0800. The van der Waals surface area contributed by atoms with Crippen LogP contribution in [0.5, 0.6) is 0 Å². The van der Waals surface area contributed by atoms with E-state index in [0.717, 1.165) is 12.0 Å². The van der Waals surface area contributed by atoms with Gasteiger partial charge in [-0.2, -0.15) is 0 Å². The first-order chi connectivity index (χ1) is 8.67. The van der Waals surface area contributed by atoms with E-state index in [0.29, 0.717) is 5.41 Å². The third-order valence-corrected chi connectivity index (χ3v) is 4.98. The number of hydrogen-bond acceptors (Lipinski definition) is 2. The summed E-state index contributed by atoms with van der Waals surface area (Å²) >= 11 is 0. The summed E-state index contributed by atoms with van der Waals surface area (Å²) in [5.41, 5.74) is 0.562. The van der Waals surface area contributed by atoms with Crippen LogP contribution >= 0.6 is 0 Å². The van der Waals surface area contributed by atoms with Crippen LogP contribution in [0, 0.1) is 11.3 Å². The van der Waals surface area contributed by atoms with Gasteiger partial charge in [-0.25, -0.2) is 0 Å². The number of nitrogens with zero attached hydrogens (tertiary/aromatic N) is 1. The molecule has 0 heterocycles. The first-order valence-electron chi connectivity index (χ1n) is 8.13. The smallest absolute Gasteiger partial charge is 0.00684 e. The molecule has 0 amide bonds. The highest BCUT2D eigenvalue weighted by molar-refractivity contribution is 4.92. The monoisotopic (exact) mass is 252 g/mol. The summed E-state index contributed by atoms with van der Waals surface area (Å²) in [6, 6.07) is 0.857. The van der Waals surface area contributed by atoms with E-state index in [9.17, 15) is 0 Å². The second-order valence-corrected chi connectivity index (χ2v) is 6.82. The molecule has 2 rings (SSSR count). The molecule has 0 bridgehead atoms. The predicted octanol–water partition coefficient (Wildman–Crippen LogP) is 3.28. The van der Waals surface area contributed by atoms with Gasteiger partial charge < -0.3 is 10.2 Å². The molecular weight excluding hydrogens is 220 g/mol. The maximum Gasteiger partial charge on any atom is 0.00684 e. The first-order valence-corrected chi connectivity index (χ1v) is 8.13. The van der Waals surface area contributed by atoms with Gasteiger partial charge in [0.25, 0.3) is 0 Å².